The summed E-state index contributed by atoms with van der Waals surface area (Å²) in [6.07, 6.45) is -4.18. The first kappa shape index (κ1) is 22.7. The minimum Gasteiger partial charge on any atom is -0.396 e. The highest BCUT2D eigenvalue weighted by Gasteiger charge is 2.59. The fourth-order valence-electron chi connectivity index (χ4n) is 4.53. The maximum atomic E-state index is 14.6. The van der Waals surface area contributed by atoms with E-state index in [1.54, 1.807) is 6.07 Å². The smallest absolute Gasteiger partial charge is 0.396 e. The number of carbonyl (C=O) groups excluding carboxylic acids is 2. The van der Waals surface area contributed by atoms with E-state index in [0.717, 1.165) is 23.1 Å². The second-order valence-corrected chi connectivity index (χ2v) is 8.33. The second-order valence-electron chi connectivity index (χ2n) is 8.33. The van der Waals surface area contributed by atoms with Crippen LogP contribution in [0.5, 0.6) is 0 Å². The first-order valence-corrected chi connectivity index (χ1v) is 10.2. The van der Waals surface area contributed by atoms with Crippen LogP contribution in [-0.4, -0.2) is 40.5 Å². The van der Waals surface area contributed by atoms with Crippen LogP contribution < -0.4 is 4.90 Å². The van der Waals surface area contributed by atoms with E-state index >= 15 is 0 Å². The first-order valence-electron chi connectivity index (χ1n) is 10.2. The van der Waals surface area contributed by atoms with Crippen LogP contribution in [0, 0.1) is 23.1 Å². The molecule has 2 aromatic carbocycles. The fraction of sp³-hybridized carbons (Fsp3) is 0.348. The van der Waals surface area contributed by atoms with Gasteiger partial charge in [0.05, 0.1) is 22.9 Å². The normalized spacial score (nSPS) is 23.0. The predicted molar refractivity (Wildman–Crippen MR) is 108 cm³/mol. The van der Waals surface area contributed by atoms with E-state index in [1.165, 1.54) is 29.2 Å². The number of rotatable bonds is 4. The number of aliphatic hydroxyl groups is 1. The number of hydrogen-bond donors (Lipinski definition) is 1. The lowest BCUT2D eigenvalue weighted by Gasteiger charge is -2.56. The summed E-state index contributed by atoms with van der Waals surface area (Å²) in [6.45, 7) is -0.735. The van der Waals surface area contributed by atoms with Crippen LogP contribution in [0.15, 0.2) is 42.5 Å². The molecule has 2 aliphatic rings. The molecule has 10 heteroatoms. The Balaban J connectivity index is 1.65. The summed E-state index contributed by atoms with van der Waals surface area (Å²) in [7, 11) is 0. The molecule has 4 rings (SSSR count). The van der Waals surface area contributed by atoms with Gasteiger partial charge in [-0.2, -0.15) is 18.4 Å². The van der Waals surface area contributed by atoms with Crippen molar-refractivity contribution < 1.29 is 32.3 Å². The second kappa shape index (κ2) is 8.15. The Kier molecular flexibility index (Phi) is 5.62. The number of amides is 2. The average molecular weight is 461 g/mol. The minimum atomic E-state index is -4.50. The van der Waals surface area contributed by atoms with Gasteiger partial charge in [0.1, 0.15) is 17.9 Å². The molecule has 172 valence electrons. The quantitative estimate of drug-likeness (QED) is 0.709. The van der Waals surface area contributed by atoms with E-state index in [-0.39, 0.29) is 43.2 Å². The van der Waals surface area contributed by atoms with Crippen molar-refractivity contribution in [2.75, 3.05) is 18.1 Å². The third-order valence-corrected chi connectivity index (χ3v) is 6.25. The lowest BCUT2D eigenvalue weighted by molar-refractivity contribution is -0.163. The van der Waals surface area contributed by atoms with Gasteiger partial charge in [0.15, 0.2) is 0 Å². The van der Waals surface area contributed by atoms with Gasteiger partial charge in [-0.05, 0) is 54.7 Å². The topological polar surface area (TPSA) is 84.6 Å². The SMILES string of the molecule is N#Cc1ccc(N2CC(=O)N(Cc3ccc(C(F)(F)F)cc3)C3(CC(CO)C3)C2=O)c(F)c1. The Hall–Kier alpha value is -3.45. The number of carbonyl (C=O) groups is 2. The third-order valence-electron chi connectivity index (χ3n) is 6.25. The molecule has 1 saturated carbocycles. The summed E-state index contributed by atoms with van der Waals surface area (Å²) in [5.41, 5.74) is -1.81. The lowest BCUT2D eigenvalue weighted by Crippen LogP contribution is -2.73. The van der Waals surface area contributed by atoms with Gasteiger partial charge in [0.25, 0.3) is 5.91 Å². The molecule has 6 nitrogen and oxygen atoms in total. The number of alkyl halides is 3. The molecule has 0 atom stereocenters. The number of hydrogen-bond acceptors (Lipinski definition) is 4. The van der Waals surface area contributed by atoms with Gasteiger partial charge < -0.3 is 10.0 Å². The molecular formula is C23H19F4N3O3. The van der Waals surface area contributed by atoms with E-state index < -0.39 is 41.5 Å². The molecule has 0 aromatic heterocycles. The molecule has 0 radical (unpaired) electrons. The van der Waals surface area contributed by atoms with Crippen molar-refractivity contribution in [3.05, 3.63) is 65.0 Å². The summed E-state index contributed by atoms with van der Waals surface area (Å²) in [5.74, 6) is -2.07. The highest BCUT2D eigenvalue weighted by atomic mass is 19.4. The number of piperazine rings is 1. The highest BCUT2D eigenvalue weighted by molar-refractivity contribution is 6.09. The van der Waals surface area contributed by atoms with Crippen LogP contribution in [-0.2, 0) is 22.3 Å². The summed E-state index contributed by atoms with van der Waals surface area (Å²) >= 11 is 0. The van der Waals surface area contributed by atoms with Crippen molar-refractivity contribution in [3.63, 3.8) is 0 Å². The van der Waals surface area contributed by atoms with Gasteiger partial charge in [-0.3, -0.25) is 14.5 Å². The number of benzene rings is 2. The van der Waals surface area contributed by atoms with Crippen molar-refractivity contribution in [2.24, 2.45) is 5.92 Å². The molecule has 1 spiro atoms. The van der Waals surface area contributed by atoms with Gasteiger partial charge >= 0.3 is 6.18 Å². The van der Waals surface area contributed by atoms with E-state index in [9.17, 15) is 32.3 Å². The Morgan fingerprint density at radius 1 is 1.12 bits per heavy atom. The van der Waals surface area contributed by atoms with Crippen LogP contribution in [0.3, 0.4) is 0 Å². The van der Waals surface area contributed by atoms with Crippen LogP contribution in [0.1, 0.15) is 29.5 Å². The van der Waals surface area contributed by atoms with Gasteiger partial charge in [0.2, 0.25) is 5.91 Å². The lowest BCUT2D eigenvalue weighted by atomic mass is 9.65. The zero-order valence-electron chi connectivity index (χ0n) is 17.3. The van der Waals surface area contributed by atoms with Crippen LogP contribution in [0.4, 0.5) is 23.2 Å². The monoisotopic (exact) mass is 461 g/mol. The Bertz CT molecular complexity index is 1140. The van der Waals surface area contributed by atoms with Crippen LogP contribution in [0.25, 0.3) is 0 Å². The predicted octanol–water partition coefficient (Wildman–Crippen LogP) is 3.23. The van der Waals surface area contributed by atoms with Crippen LogP contribution in [0.2, 0.25) is 0 Å². The minimum absolute atomic E-state index is 0.0645. The Morgan fingerprint density at radius 3 is 2.33 bits per heavy atom. The molecule has 0 unspecified atom stereocenters. The molecule has 1 N–H and O–H groups in total. The number of aliphatic hydroxyl groups excluding tert-OH is 1. The maximum Gasteiger partial charge on any atom is 0.416 e. The van der Waals surface area contributed by atoms with Crippen molar-refractivity contribution in [3.8, 4) is 6.07 Å². The van der Waals surface area contributed by atoms with Gasteiger partial charge in [-0.25, -0.2) is 4.39 Å². The van der Waals surface area contributed by atoms with Crippen molar-refractivity contribution in [2.45, 2.75) is 31.1 Å². The number of anilines is 1. The van der Waals surface area contributed by atoms with E-state index in [1.807, 2.05) is 0 Å². The van der Waals surface area contributed by atoms with Crippen molar-refractivity contribution in [1.29, 1.82) is 5.26 Å². The summed E-state index contributed by atoms with van der Waals surface area (Å²) < 4.78 is 53.2. The zero-order chi connectivity index (χ0) is 24.0. The molecule has 1 heterocycles. The van der Waals surface area contributed by atoms with Crippen LogP contribution >= 0.6 is 0 Å². The Morgan fingerprint density at radius 2 is 1.79 bits per heavy atom. The van der Waals surface area contributed by atoms with E-state index in [2.05, 4.69) is 0 Å². The molecule has 2 amide bonds. The molecule has 2 fully saturated rings. The number of nitrogens with zero attached hydrogens (tertiary/aromatic N) is 3. The zero-order valence-corrected chi connectivity index (χ0v) is 17.3. The standard InChI is InChI=1S/C23H19F4N3O3/c24-18-7-15(10-28)3-6-19(18)29-12-20(32)30(22(21(29)33)8-16(9-22)13-31)11-14-1-4-17(5-2-14)23(25,26)27/h1-7,16,31H,8-9,11-13H2. The van der Waals surface area contributed by atoms with E-state index in [4.69, 9.17) is 5.26 Å². The first-order chi connectivity index (χ1) is 15.6. The van der Waals surface area contributed by atoms with E-state index in [0.29, 0.717) is 5.56 Å². The average Bonchev–Trinajstić information content (AvgIpc) is 2.75. The summed E-state index contributed by atoms with van der Waals surface area (Å²) in [5, 5.41) is 18.4. The summed E-state index contributed by atoms with van der Waals surface area (Å²) in [6, 6.07) is 9.71. The van der Waals surface area contributed by atoms with Gasteiger partial charge in [0, 0.05) is 13.2 Å². The number of nitriles is 1. The molecule has 1 aliphatic carbocycles. The largest absolute Gasteiger partial charge is 0.416 e. The fourth-order valence-corrected chi connectivity index (χ4v) is 4.53. The van der Waals surface area contributed by atoms with Gasteiger partial charge in [-0.1, -0.05) is 12.1 Å². The van der Waals surface area contributed by atoms with Gasteiger partial charge in [-0.15, -0.1) is 0 Å². The summed E-state index contributed by atoms with van der Waals surface area (Å²) in [4.78, 5) is 29.0. The molecule has 1 aliphatic heterocycles. The molecule has 1 saturated heterocycles. The Labute approximate surface area is 186 Å². The molecule has 0 bridgehead atoms. The number of halogens is 4. The molecule has 33 heavy (non-hydrogen) atoms. The van der Waals surface area contributed by atoms with Crippen molar-refractivity contribution in [1.82, 2.24) is 4.90 Å². The molecule has 2 aromatic rings. The maximum absolute atomic E-state index is 14.6. The molecular weight excluding hydrogens is 442 g/mol. The highest BCUT2D eigenvalue weighted by Crippen LogP contribution is 2.47. The van der Waals surface area contributed by atoms with Crippen molar-refractivity contribution >= 4 is 17.5 Å². The third kappa shape index (κ3) is 3.93.